The quantitative estimate of drug-likeness (QED) is 0.379. The van der Waals surface area contributed by atoms with Crippen molar-refractivity contribution in [1.29, 1.82) is 0 Å². The molecule has 0 fully saturated rings. The van der Waals surface area contributed by atoms with E-state index in [9.17, 15) is 9.59 Å². The summed E-state index contributed by atoms with van der Waals surface area (Å²) in [5.74, 6) is -0.855. The fraction of sp³-hybridized carbons (Fsp3) is 0.143. The van der Waals surface area contributed by atoms with Gasteiger partial charge in [-0.25, -0.2) is 0 Å². The Balaban J connectivity index is 1.45. The third kappa shape index (κ3) is 3.52. The normalized spacial score (nSPS) is 19.5. The van der Waals surface area contributed by atoms with Crippen LogP contribution >= 0.6 is 0 Å². The molecule has 4 aromatic rings. The largest absolute Gasteiger partial charge is 0.274 e. The fourth-order valence-electron chi connectivity index (χ4n) is 5.01. The van der Waals surface area contributed by atoms with Gasteiger partial charge >= 0.3 is 0 Å². The molecular formula is C28H21N5O2. The molecule has 0 N–H and O–H groups in total. The van der Waals surface area contributed by atoms with Crippen LogP contribution in [0.25, 0.3) is 10.8 Å². The van der Waals surface area contributed by atoms with Crippen LogP contribution in [-0.2, 0) is 12.0 Å². The predicted octanol–water partition coefficient (Wildman–Crippen LogP) is 5.04. The number of benzene rings is 3. The number of nitrogens with zero attached hydrogens (tertiary/aromatic N) is 5. The summed E-state index contributed by atoms with van der Waals surface area (Å²) >= 11 is 0. The molecule has 0 spiro atoms. The molecule has 7 heteroatoms. The molecule has 35 heavy (non-hydrogen) atoms. The first-order chi connectivity index (χ1) is 17.2. The second-order valence-electron chi connectivity index (χ2n) is 8.85. The number of imide groups is 1. The van der Waals surface area contributed by atoms with Crippen LogP contribution in [0.1, 0.15) is 31.8 Å². The topological polar surface area (TPSA) is 87.4 Å². The van der Waals surface area contributed by atoms with E-state index in [1.807, 2.05) is 54.7 Å². The average Bonchev–Trinajstić information content (AvgIpc) is 3.49. The Morgan fingerprint density at radius 2 is 1.57 bits per heavy atom. The zero-order valence-corrected chi connectivity index (χ0v) is 18.8. The molecule has 170 valence electrons. The van der Waals surface area contributed by atoms with Gasteiger partial charge < -0.3 is 0 Å². The highest BCUT2D eigenvalue weighted by molar-refractivity contribution is 6.21. The Morgan fingerprint density at radius 3 is 2.29 bits per heavy atom. The zero-order chi connectivity index (χ0) is 23.8. The second-order valence-corrected chi connectivity index (χ2v) is 8.85. The molecule has 7 nitrogen and oxygen atoms in total. The van der Waals surface area contributed by atoms with Crippen molar-refractivity contribution in [3.63, 3.8) is 0 Å². The number of amides is 2. The van der Waals surface area contributed by atoms with E-state index in [2.05, 4.69) is 26.5 Å². The van der Waals surface area contributed by atoms with E-state index in [-0.39, 0.29) is 24.3 Å². The van der Waals surface area contributed by atoms with Gasteiger partial charge in [0, 0.05) is 30.2 Å². The van der Waals surface area contributed by atoms with E-state index >= 15 is 0 Å². The summed E-state index contributed by atoms with van der Waals surface area (Å²) in [6.45, 7) is 0.181. The van der Waals surface area contributed by atoms with Crippen molar-refractivity contribution in [3.8, 4) is 0 Å². The number of hydrogen-bond donors (Lipinski definition) is 0. The van der Waals surface area contributed by atoms with Crippen LogP contribution in [0.5, 0.6) is 0 Å². The van der Waals surface area contributed by atoms with Crippen molar-refractivity contribution in [2.45, 2.75) is 12.0 Å². The Morgan fingerprint density at radius 1 is 0.829 bits per heavy atom. The average molecular weight is 460 g/mol. The van der Waals surface area contributed by atoms with Gasteiger partial charge in [-0.05, 0) is 52.4 Å². The second kappa shape index (κ2) is 8.36. The molecule has 0 saturated carbocycles. The van der Waals surface area contributed by atoms with Gasteiger partial charge in [-0.2, -0.15) is 5.11 Å². The van der Waals surface area contributed by atoms with Gasteiger partial charge in [-0.1, -0.05) is 54.6 Å². The van der Waals surface area contributed by atoms with Crippen molar-refractivity contribution in [2.75, 3.05) is 6.54 Å². The molecule has 0 aliphatic carbocycles. The van der Waals surface area contributed by atoms with Crippen LogP contribution < -0.4 is 0 Å². The van der Waals surface area contributed by atoms with Gasteiger partial charge in [0.2, 0.25) is 0 Å². The molecule has 0 bridgehead atoms. The summed E-state index contributed by atoms with van der Waals surface area (Å²) in [5.41, 5.74) is 1.92. The number of fused-ring (bicyclic) bond motifs is 2. The zero-order valence-electron chi connectivity index (χ0n) is 18.8. The minimum absolute atomic E-state index is 0.181. The number of carbonyl (C=O) groups is 2. The van der Waals surface area contributed by atoms with Crippen molar-refractivity contribution >= 4 is 28.8 Å². The molecule has 2 aliphatic heterocycles. The highest BCUT2D eigenvalue weighted by Crippen LogP contribution is 2.40. The maximum absolute atomic E-state index is 13.2. The van der Waals surface area contributed by atoms with Crippen LogP contribution in [0, 0.1) is 5.92 Å². The molecule has 2 aliphatic rings. The maximum atomic E-state index is 13.2. The number of aromatic nitrogens is 1. The minimum Gasteiger partial charge on any atom is -0.274 e. The molecule has 1 aromatic heterocycles. The van der Waals surface area contributed by atoms with E-state index in [1.54, 1.807) is 36.7 Å². The fourth-order valence-corrected chi connectivity index (χ4v) is 5.01. The third-order valence-electron chi connectivity index (χ3n) is 6.85. The van der Waals surface area contributed by atoms with Crippen molar-refractivity contribution in [2.24, 2.45) is 21.4 Å². The Bertz CT molecular complexity index is 1470. The highest BCUT2D eigenvalue weighted by atomic mass is 16.2. The Hall–Kier alpha value is -4.52. The number of pyridine rings is 1. The Kier molecular flexibility index (Phi) is 5.03. The Labute approximate surface area is 201 Å². The molecule has 6 rings (SSSR count). The predicted molar refractivity (Wildman–Crippen MR) is 132 cm³/mol. The van der Waals surface area contributed by atoms with Gasteiger partial charge in [0.15, 0.2) is 5.54 Å². The van der Waals surface area contributed by atoms with Crippen LogP contribution in [-0.4, -0.2) is 34.5 Å². The lowest BCUT2D eigenvalue weighted by atomic mass is 9.75. The molecule has 2 unspecified atom stereocenters. The summed E-state index contributed by atoms with van der Waals surface area (Å²) in [4.78, 5) is 32.0. The highest BCUT2D eigenvalue weighted by Gasteiger charge is 2.46. The first-order valence-electron chi connectivity index (χ1n) is 11.5. The monoisotopic (exact) mass is 459 g/mol. The van der Waals surface area contributed by atoms with Crippen LogP contribution in [0.4, 0.5) is 0 Å². The van der Waals surface area contributed by atoms with E-state index in [1.165, 1.54) is 4.90 Å². The van der Waals surface area contributed by atoms with Gasteiger partial charge in [-0.3, -0.25) is 19.5 Å². The molecule has 0 saturated heterocycles. The van der Waals surface area contributed by atoms with E-state index < -0.39 is 5.54 Å². The number of carbonyl (C=O) groups excluding carboxylic acids is 2. The van der Waals surface area contributed by atoms with E-state index in [0.717, 1.165) is 21.9 Å². The summed E-state index contributed by atoms with van der Waals surface area (Å²) in [6, 6.07) is 25.0. The molecule has 2 atom stereocenters. The number of rotatable bonds is 6. The van der Waals surface area contributed by atoms with Crippen LogP contribution in [0.15, 0.2) is 107 Å². The third-order valence-corrected chi connectivity index (χ3v) is 6.85. The lowest BCUT2D eigenvalue weighted by Gasteiger charge is -2.34. The van der Waals surface area contributed by atoms with Crippen molar-refractivity contribution < 1.29 is 9.59 Å². The molecule has 2 amide bonds. The SMILES string of the molecule is O=C1c2ccccc2C(=O)N1CC(Cc1ccccc1)C1(c2ccc3cnccc3c2)C=NN=N1. The molecular weight excluding hydrogens is 438 g/mol. The summed E-state index contributed by atoms with van der Waals surface area (Å²) in [5, 5.41) is 14.8. The van der Waals surface area contributed by atoms with Gasteiger partial charge in [0.05, 0.1) is 17.3 Å². The first kappa shape index (κ1) is 21.0. The van der Waals surface area contributed by atoms with Crippen molar-refractivity contribution in [3.05, 3.63) is 114 Å². The lowest BCUT2D eigenvalue weighted by Crippen LogP contribution is -2.44. The van der Waals surface area contributed by atoms with Gasteiger partial charge in [-0.15, -0.1) is 5.10 Å². The summed E-state index contributed by atoms with van der Waals surface area (Å²) in [7, 11) is 0. The van der Waals surface area contributed by atoms with Crippen LogP contribution in [0.2, 0.25) is 0 Å². The molecule has 3 heterocycles. The van der Waals surface area contributed by atoms with E-state index in [0.29, 0.717) is 17.5 Å². The van der Waals surface area contributed by atoms with Gasteiger partial charge in [0.25, 0.3) is 11.8 Å². The van der Waals surface area contributed by atoms with Crippen molar-refractivity contribution in [1.82, 2.24) is 9.88 Å². The lowest BCUT2D eigenvalue weighted by molar-refractivity contribution is 0.0613. The molecule has 3 aromatic carbocycles. The summed E-state index contributed by atoms with van der Waals surface area (Å²) in [6.07, 6.45) is 5.88. The van der Waals surface area contributed by atoms with Gasteiger partial charge in [0.1, 0.15) is 0 Å². The summed E-state index contributed by atoms with van der Waals surface area (Å²) < 4.78 is 0. The molecule has 0 radical (unpaired) electrons. The first-order valence-corrected chi connectivity index (χ1v) is 11.5. The van der Waals surface area contributed by atoms with E-state index in [4.69, 9.17) is 0 Å². The smallest absolute Gasteiger partial charge is 0.261 e. The van der Waals surface area contributed by atoms with Crippen LogP contribution in [0.3, 0.4) is 0 Å². The maximum Gasteiger partial charge on any atom is 0.261 e. The standard InChI is InChI=1S/C28H21N5O2/c34-26-24-8-4-5-9-25(24)27(35)33(26)17-23(14-19-6-2-1-3-7-19)28(18-30-32-31-28)22-11-10-21-16-29-13-12-20(21)15-22/h1-13,15-16,18,23H,14,17H2. The minimum atomic E-state index is -0.928. The number of hydrogen-bond acceptors (Lipinski definition) is 6.